The molecule has 4 aromatic rings. The maximum absolute atomic E-state index is 12.6. The summed E-state index contributed by atoms with van der Waals surface area (Å²) in [5.41, 5.74) is 6.87. The van der Waals surface area contributed by atoms with Crippen LogP contribution in [0, 0.1) is 18.8 Å². The van der Waals surface area contributed by atoms with Gasteiger partial charge in [0.25, 0.3) is 0 Å². The number of fused-ring (bicyclic) bond motifs is 1. The second-order valence-electron chi connectivity index (χ2n) is 10.1. The molecule has 6 rings (SSSR count). The molecule has 3 aromatic carbocycles. The zero-order chi connectivity index (χ0) is 23.9. The van der Waals surface area contributed by atoms with Crippen LogP contribution in [-0.4, -0.2) is 40.6 Å². The van der Waals surface area contributed by atoms with E-state index in [4.69, 9.17) is 9.72 Å². The molecule has 0 bridgehead atoms. The Kier molecular flexibility index (Phi) is 5.56. The highest BCUT2D eigenvalue weighted by Gasteiger charge is 2.36. The monoisotopic (exact) mass is 465 g/mol. The standard InChI is InChI=1S/C30H31N3O2/c1-20-3-14-27-28(17-20)33(19-21-15-16-32(18-21)30(34)25-8-9-25)29(31-27)24-6-4-22(5-7-24)23-10-12-26(35-2)13-11-23/h3-7,10-14,17,21,25H,8-9,15-16,18-19H2,1-2H3/t21-/m1/s1. The third-order valence-corrected chi connectivity index (χ3v) is 7.44. The lowest BCUT2D eigenvalue weighted by atomic mass is 10.0. The smallest absolute Gasteiger partial charge is 0.225 e. The van der Waals surface area contributed by atoms with Gasteiger partial charge < -0.3 is 14.2 Å². The molecule has 5 nitrogen and oxygen atoms in total. The SMILES string of the molecule is COc1ccc(-c2ccc(-c3nc4ccc(C)cc4n3C[C@@H]3CCN(C(=O)C4CC4)C3)cc2)cc1. The molecular weight excluding hydrogens is 434 g/mol. The predicted molar refractivity (Wildman–Crippen MR) is 139 cm³/mol. The van der Waals surface area contributed by atoms with Crippen molar-refractivity contribution in [2.75, 3.05) is 20.2 Å². The Morgan fingerprint density at radius 3 is 2.31 bits per heavy atom. The van der Waals surface area contributed by atoms with Crippen molar-refractivity contribution in [2.24, 2.45) is 11.8 Å². The van der Waals surface area contributed by atoms with Crippen LogP contribution in [0.4, 0.5) is 0 Å². The highest BCUT2D eigenvalue weighted by molar-refractivity contribution is 5.82. The minimum absolute atomic E-state index is 0.297. The molecular formula is C30H31N3O2. The van der Waals surface area contributed by atoms with Crippen LogP contribution < -0.4 is 4.74 Å². The van der Waals surface area contributed by atoms with E-state index in [1.807, 2.05) is 12.1 Å². The predicted octanol–water partition coefficient (Wildman–Crippen LogP) is 5.95. The molecule has 2 fully saturated rings. The molecule has 5 heteroatoms. The van der Waals surface area contributed by atoms with Gasteiger partial charge >= 0.3 is 0 Å². The minimum Gasteiger partial charge on any atom is -0.497 e. The molecule has 2 heterocycles. The van der Waals surface area contributed by atoms with Crippen LogP contribution in [0.5, 0.6) is 5.75 Å². The van der Waals surface area contributed by atoms with E-state index in [2.05, 4.69) is 71.0 Å². The van der Waals surface area contributed by atoms with Crippen molar-refractivity contribution in [1.29, 1.82) is 0 Å². The second kappa shape index (κ2) is 8.88. The summed E-state index contributed by atoms with van der Waals surface area (Å²) in [6, 6.07) is 23.3. The van der Waals surface area contributed by atoms with E-state index in [-0.39, 0.29) is 0 Å². The van der Waals surface area contributed by atoms with Crippen LogP contribution >= 0.6 is 0 Å². The minimum atomic E-state index is 0.297. The van der Waals surface area contributed by atoms with Gasteiger partial charge in [-0.3, -0.25) is 4.79 Å². The third-order valence-electron chi connectivity index (χ3n) is 7.44. The maximum Gasteiger partial charge on any atom is 0.225 e. The van der Waals surface area contributed by atoms with Crippen LogP contribution in [0.1, 0.15) is 24.8 Å². The Morgan fingerprint density at radius 2 is 1.63 bits per heavy atom. The molecule has 0 unspecified atom stereocenters. The number of amides is 1. The molecule has 0 radical (unpaired) electrons. The fourth-order valence-electron chi connectivity index (χ4n) is 5.26. The largest absolute Gasteiger partial charge is 0.497 e. The molecule has 0 spiro atoms. The fraction of sp³-hybridized carbons (Fsp3) is 0.333. The molecule has 35 heavy (non-hydrogen) atoms. The number of hydrogen-bond acceptors (Lipinski definition) is 3. The summed E-state index contributed by atoms with van der Waals surface area (Å²) in [6.45, 7) is 4.75. The first-order valence-electron chi connectivity index (χ1n) is 12.6. The Bertz CT molecular complexity index is 1370. The van der Waals surface area contributed by atoms with Crippen LogP contribution in [-0.2, 0) is 11.3 Å². The lowest BCUT2D eigenvalue weighted by Crippen LogP contribution is -2.30. The van der Waals surface area contributed by atoms with E-state index in [0.717, 1.165) is 67.1 Å². The topological polar surface area (TPSA) is 47.4 Å². The number of aryl methyl sites for hydroxylation is 1. The van der Waals surface area contributed by atoms with Gasteiger partial charge in [-0.05, 0) is 73.1 Å². The summed E-state index contributed by atoms with van der Waals surface area (Å²) < 4.78 is 7.66. The van der Waals surface area contributed by atoms with Gasteiger partial charge in [0, 0.05) is 31.1 Å². The first-order chi connectivity index (χ1) is 17.1. The number of hydrogen-bond donors (Lipinski definition) is 0. The quantitative estimate of drug-likeness (QED) is 0.354. The van der Waals surface area contributed by atoms with Gasteiger partial charge in [-0.1, -0.05) is 42.5 Å². The van der Waals surface area contributed by atoms with Gasteiger partial charge in [0.1, 0.15) is 11.6 Å². The number of nitrogens with zero attached hydrogens (tertiary/aromatic N) is 3. The second-order valence-corrected chi connectivity index (χ2v) is 10.1. The number of aromatic nitrogens is 2. The van der Waals surface area contributed by atoms with Gasteiger partial charge in [0.2, 0.25) is 5.91 Å². The average molecular weight is 466 g/mol. The van der Waals surface area contributed by atoms with E-state index in [9.17, 15) is 4.79 Å². The fourth-order valence-corrected chi connectivity index (χ4v) is 5.26. The lowest BCUT2D eigenvalue weighted by Gasteiger charge is -2.18. The molecule has 1 aliphatic heterocycles. The van der Waals surface area contributed by atoms with Crippen molar-refractivity contribution in [3.05, 3.63) is 72.3 Å². The summed E-state index contributed by atoms with van der Waals surface area (Å²) in [5, 5.41) is 0. The molecule has 1 saturated carbocycles. The van der Waals surface area contributed by atoms with Crippen molar-refractivity contribution in [3.8, 4) is 28.3 Å². The van der Waals surface area contributed by atoms with Crippen molar-refractivity contribution in [1.82, 2.24) is 14.5 Å². The van der Waals surface area contributed by atoms with Crippen molar-refractivity contribution >= 4 is 16.9 Å². The Hall–Kier alpha value is -3.60. The first-order valence-corrected chi connectivity index (χ1v) is 12.6. The molecule has 1 atom stereocenters. The highest BCUT2D eigenvalue weighted by Crippen LogP contribution is 2.34. The van der Waals surface area contributed by atoms with Gasteiger partial charge in [-0.2, -0.15) is 0 Å². The van der Waals surface area contributed by atoms with Gasteiger partial charge in [0.05, 0.1) is 18.1 Å². The number of rotatable bonds is 6. The van der Waals surface area contributed by atoms with Crippen molar-refractivity contribution in [3.63, 3.8) is 0 Å². The molecule has 0 N–H and O–H groups in total. The van der Waals surface area contributed by atoms with Crippen LogP contribution in [0.2, 0.25) is 0 Å². The van der Waals surface area contributed by atoms with Crippen LogP contribution in [0.3, 0.4) is 0 Å². The summed E-state index contributed by atoms with van der Waals surface area (Å²) in [7, 11) is 1.69. The Balaban J connectivity index is 1.30. The highest BCUT2D eigenvalue weighted by atomic mass is 16.5. The Morgan fingerprint density at radius 1 is 0.943 bits per heavy atom. The van der Waals surface area contributed by atoms with Gasteiger partial charge in [-0.15, -0.1) is 0 Å². The van der Waals surface area contributed by atoms with E-state index in [0.29, 0.717) is 17.7 Å². The van der Waals surface area contributed by atoms with Gasteiger partial charge in [-0.25, -0.2) is 4.98 Å². The summed E-state index contributed by atoms with van der Waals surface area (Å²) in [5.74, 6) is 2.98. The number of carbonyl (C=O) groups is 1. The number of benzene rings is 3. The zero-order valence-electron chi connectivity index (χ0n) is 20.4. The summed E-state index contributed by atoms with van der Waals surface area (Å²) in [4.78, 5) is 19.7. The molecule has 1 aliphatic carbocycles. The third kappa shape index (κ3) is 4.31. The maximum atomic E-state index is 12.6. The van der Waals surface area contributed by atoms with E-state index in [1.165, 1.54) is 16.6 Å². The van der Waals surface area contributed by atoms with Crippen molar-refractivity contribution in [2.45, 2.75) is 32.7 Å². The summed E-state index contributed by atoms with van der Waals surface area (Å²) >= 11 is 0. The number of carbonyl (C=O) groups excluding carboxylic acids is 1. The van der Waals surface area contributed by atoms with Crippen molar-refractivity contribution < 1.29 is 9.53 Å². The summed E-state index contributed by atoms with van der Waals surface area (Å²) in [6.07, 6.45) is 3.20. The van der Waals surface area contributed by atoms with Crippen LogP contribution in [0.15, 0.2) is 66.7 Å². The van der Waals surface area contributed by atoms with E-state index < -0.39 is 0 Å². The average Bonchev–Trinajstić information content (AvgIpc) is 3.55. The Labute approximate surface area is 206 Å². The van der Waals surface area contributed by atoms with E-state index in [1.54, 1.807) is 7.11 Å². The molecule has 1 aromatic heterocycles. The number of imidazole rings is 1. The number of likely N-dealkylation sites (tertiary alicyclic amines) is 1. The van der Waals surface area contributed by atoms with Crippen LogP contribution in [0.25, 0.3) is 33.5 Å². The molecule has 1 saturated heterocycles. The normalized spacial score (nSPS) is 17.8. The number of methoxy groups -OCH3 is 1. The molecule has 178 valence electrons. The number of ether oxygens (including phenoxy) is 1. The first kappa shape index (κ1) is 21.9. The zero-order valence-corrected chi connectivity index (χ0v) is 20.4. The molecule has 2 aliphatic rings. The van der Waals surface area contributed by atoms with E-state index >= 15 is 0 Å². The van der Waals surface area contributed by atoms with Gasteiger partial charge in [0.15, 0.2) is 0 Å². The molecule has 1 amide bonds. The lowest BCUT2D eigenvalue weighted by molar-refractivity contribution is -0.131.